The van der Waals surface area contributed by atoms with Crippen LogP contribution in [0.4, 0.5) is 11.4 Å². The average molecular weight is 269 g/mol. The molecule has 2 aromatic carbocycles. The number of carbonyl (C=O) groups excluding carboxylic acids is 1. The van der Waals surface area contributed by atoms with E-state index < -0.39 is 0 Å². The first kappa shape index (κ1) is 14.1. The summed E-state index contributed by atoms with van der Waals surface area (Å²) in [6, 6.07) is 14.7. The summed E-state index contributed by atoms with van der Waals surface area (Å²) in [7, 11) is 4.00. The molecule has 2 rings (SSSR count). The maximum Gasteiger partial charge on any atom is 0.255 e. The summed E-state index contributed by atoms with van der Waals surface area (Å²) in [5.74, 6) is -0.115. The second-order valence-corrected chi connectivity index (χ2v) is 5.01. The van der Waals surface area contributed by atoms with Gasteiger partial charge in [-0.15, -0.1) is 0 Å². The third-order valence-corrected chi connectivity index (χ3v) is 2.86. The molecule has 0 atom stereocenters. The Morgan fingerprint density at radius 2 is 1.85 bits per heavy atom. The fourth-order valence-electron chi connectivity index (χ4n) is 1.95. The van der Waals surface area contributed by atoms with Crippen molar-refractivity contribution in [1.82, 2.24) is 4.90 Å². The highest BCUT2D eigenvalue weighted by atomic mass is 16.1. The number of carbonyl (C=O) groups is 1. The van der Waals surface area contributed by atoms with Crippen molar-refractivity contribution in [2.45, 2.75) is 6.54 Å². The van der Waals surface area contributed by atoms with E-state index in [1.807, 2.05) is 38.4 Å². The molecule has 20 heavy (non-hydrogen) atoms. The standard InChI is InChI=1S/C16H19N3O/c1-19(2)11-12-4-3-5-13(10-12)16(20)18-15-8-6-14(17)7-9-15/h3-10H,11,17H2,1-2H3,(H,18,20). The monoisotopic (exact) mass is 269 g/mol. The Bertz CT molecular complexity index is 591. The second-order valence-electron chi connectivity index (χ2n) is 5.01. The largest absolute Gasteiger partial charge is 0.399 e. The summed E-state index contributed by atoms with van der Waals surface area (Å²) in [5, 5.41) is 2.86. The molecular weight excluding hydrogens is 250 g/mol. The van der Waals surface area contributed by atoms with Crippen LogP contribution >= 0.6 is 0 Å². The molecule has 0 aliphatic heterocycles. The molecule has 4 nitrogen and oxygen atoms in total. The number of anilines is 2. The third-order valence-electron chi connectivity index (χ3n) is 2.86. The van der Waals surface area contributed by atoms with Crippen molar-refractivity contribution < 1.29 is 4.79 Å². The first-order valence-corrected chi connectivity index (χ1v) is 6.45. The summed E-state index contributed by atoms with van der Waals surface area (Å²) < 4.78 is 0. The molecule has 0 heterocycles. The SMILES string of the molecule is CN(C)Cc1cccc(C(=O)Nc2ccc(N)cc2)c1. The van der Waals surface area contributed by atoms with Crippen LogP contribution in [0.15, 0.2) is 48.5 Å². The third kappa shape index (κ3) is 3.83. The summed E-state index contributed by atoms with van der Waals surface area (Å²) >= 11 is 0. The zero-order chi connectivity index (χ0) is 14.5. The smallest absolute Gasteiger partial charge is 0.255 e. The zero-order valence-electron chi connectivity index (χ0n) is 11.8. The normalized spacial score (nSPS) is 10.6. The highest BCUT2D eigenvalue weighted by Crippen LogP contribution is 2.13. The van der Waals surface area contributed by atoms with E-state index in [1.165, 1.54) is 0 Å². The molecule has 2 aromatic rings. The number of hydrogen-bond donors (Lipinski definition) is 2. The van der Waals surface area contributed by atoms with Crippen LogP contribution in [0.5, 0.6) is 0 Å². The summed E-state index contributed by atoms with van der Waals surface area (Å²) in [5.41, 5.74) is 8.80. The van der Waals surface area contributed by atoms with E-state index in [4.69, 9.17) is 5.73 Å². The van der Waals surface area contributed by atoms with Crippen LogP contribution in [-0.4, -0.2) is 24.9 Å². The number of rotatable bonds is 4. The maximum absolute atomic E-state index is 12.2. The molecule has 0 saturated carbocycles. The topological polar surface area (TPSA) is 58.4 Å². The molecule has 0 bridgehead atoms. The van der Waals surface area contributed by atoms with Crippen LogP contribution in [0.3, 0.4) is 0 Å². The van der Waals surface area contributed by atoms with Crippen LogP contribution < -0.4 is 11.1 Å². The number of nitrogens with one attached hydrogen (secondary N) is 1. The summed E-state index contributed by atoms with van der Waals surface area (Å²) in [6.45, 7) is 0.809. The van der Waals surface area contributed by atoms with E-state index in [-0.39, 0.29) is 5.91 Å². The molecule has 104 valence electrons. The predicted octanol–water partition coefficient (Wildman–Crippen LogP) is 2.58. The minimum atomic E-state index is -0.115. The highest BCUT2D eigenvalue weighted by Gasteiger charge is 2.07. The van der Waals surface area contributed by atoms with Crippen LogP contribution in [0.2, 0.25) is 0 Å². The number of nitrogen functional groups attached to an aromatic ring is 1. The van der Waals surface area contributed by atoms with E-state index >= 15 is 0 Å². The molecule has 0 fully saturated rings. The number of nitrogens with zero attached hydrogens (tertiary/aromatic N) is 1. The van der Waals surface area contributed by atoms with Gasteiger partial charge in [0.15, 0.2) is 0 Å². The first-order chi connectivity index (χ1) is 9.54. The molecule has 0 spiro atoms. The molecule has 3 N–H and O–H groups in total. The molecule has 0 aromatic heterocycles. The zero-order valence-corrected chi connectivity index (χ0v) is 11.8. The molecular formula is C16H19N3O. The Morgan fingerprint density at radius 1 is 1.15 bits per heavy atom. The van der Waals surface area contributed by atoms with Crippen molar-refractivity contribution in [3.05, 3.63) is 59.7 Å². The van der Waals surface area contributed by atoms with Gasteiger partial charge in [-0.25, -0.2) is 0 Å². The van der Waals surface area contributed by atoms with Crippen LogP contribution in [-0.2, 0) is 6.54 Å². The molecule has 0 radical (unpaired) electrons. The molecule has 0 aliphatic rings. The lowest BCUT2D eigenvalue weighted by atomic mass is 10.1. The summed E-state index contributed by atoms with van der Waals surface area (Å²) in [6.07, 6.45) is 0. The van der Waals surface area contributed by atoms with Crippen molar-refractivity contribution in [2.24, 2.45) is 0 Å². The predicted molar refractivity (Wildman–Crippen MR) is 82.6 cm³/mol. The van der Waals surface area contributed by atoms with Gasteiger partial charge in [0, 0.05) is 23.5 Å². The van der Waals surface area contributed by atoms with Crippen LogP contribution in [0.25, 0.3) is 0 Å². The Morgan fingerprint density at radius 3 is 2.50 bits per heavy atom. The first-order valence-electron chi connectivity index (χ1n) is 6.45. The lowest BCUT2D eigenvalue weighted by Crippen LogP contribution is -2.14. The van der Waals surface area contributed by atoms with Gasteiger partial charge in [0.1, 0.15) is 0 Å². The van der Waals surface area contributed by atoms with Gasteiger partial charge in [-0.2, -0.15) is 0 Å². The number of amides is 1. The number of nitrogens with two attached hydrogens (primary N) is 1. The van der Waals surface area contributed by atoms with Crippen molar-refractivity contribution >= 4 is 17.3 Å². The Hall–Kier alpha value is -2.33. The van der Waals surface area contributed by atoms with Gasteiger partial charge in [-0.1, -0.05) is 12.1 Å². The Labute approximate surface area is 119 Å². The van der Waals surface area contributed by atoms with E-state index in [0.29, 0.717) is 11.3 Å². The molecule has 0 unspecified atom stereocenters. The minimum absolute atomic E-state index is 0.115. The van der Waals surface area contributed by atoms with Gasteiger partial charge >= 0.3 is 0 Å². The fraction of sp³-hybridized carbons (Fsp3) is 0.188. The molecule has 4 heteroatoms. The Kier molecular flexibility index (Phi) is 4.38. The molecule has 0 saturated heterocycles. The highest BCUT2D eigenvalue weighted by molar-refractivity contribution is 6.04. The minimum Gasteiger partial charge on any atom is -0.399 e. The van der Waals surface area contributed by atoms with Crippen molar-refractivity contribution in [1.29, 1.82) is 0 Å². The van der Waals surface area contributed by atoms with E-state index in [0.717, 1.165) is 17.8 Å². The van der Waals surface area contributed by atoms with Crippen molar-refractivity contribution in [3.8, 4) is 0 Å². The average Bonchev–Trinajstić information content (AvgIpc) is 2.41. The van der Waals surface area contributed by atoms with E-state index in [2.05, 4.69) is 10.2 Å². The number of benzene rings is 2. The lowest BCUT2D eigenvalue weighted by molar-refractivity contribution is 0.102. The van der Waals surface area contributed by atoms with Gasteiger partial charge < -0.3 is 16.0 Å². The van der Waals surface area contributed by atoms with Crippen LogP contribution in [0, 0.1) is 0 Å². The van der Waals surface area contributed by atoms with Gasteiger partial charge in [0.2, 0.25) is 0 Å². The molecule has 0 aliphatic carbocycles. The van der Waals surface area contributed by atoms with E-state index in [1.54, 1.807) is 24.3 Å². The summed E-state index contributed by atoms with van der Waals surface area (Å²) in [4.78, 5) is 14.2. The van der Waals surface area contributed by atoms with Gasteiger partial charge in [-0.05, 0) is 56.1 Å². The Balaban J connectivity index is 2.10. The van der Waals surface area contributed by atoms with Crippen LogP contribution in [0.1, 0.15) is 15.9 Å². The van der Waals surface area contributed by atoms with Gasteiger partial charge in [0.25, 0.3) is 5.91 Å². The second kappa shape index (κ2) is 6.21. The fourth-order valence-corrected chi connectivity index (χ4v) is 1.95. The maximum atomic E-state index is 12.2. The van der Waals surface area contributed by atoms with Crippen molar-refractivity contribution in [3.63, 3.8) is 0 Å². The van der Waals surface area contributed by atoms with E-state index in [9.17, 15) is 4.79 Å². The molecule has 1 amide bonds. The van der Waals surface area contributed by atoms with Gasteiger partial charge in [0.05, 0.1) is 0 Å². The number of hydrogen-bond acceptors (Lipinski definition) is 3. The van der Waals surface area contributed by atoms with Gasteiger partial charge in [-0.3, -0.25) is 4.79 Å². The lowest BCUT2D eigenvalue weighted by Gasteiger charge is -2.11. The quantitative estimate of drug-likeness (QED) is 0.839. The van der Waals surface area contributed by atoms with Crippen molar-refractivity contribution in [2.75, 3.05) is 25.1 Å².